The van der Waals surface area contributed by atoms with Crippen LogP contribution in [0.5, 0.6) is 0 Å². The third-order valence-electron chi connectivity index (χ3n) is 2.54. The Kier molecular flexibility index (Phi) is 3.72. The summed E-state index contributed by atoms with van der Waals surface area (Å²) in [5.74, 6) is 0.0622. The Bertz CT molecular complexity index is 367. The fraction of sp³-hybridized carbons (Fsp3) is 0.308. The van der Waals surface area contributed by atoms with E-state index in [0.717, 1.165) is 5.56 Å². The van der Waals surface area contributed by atoms with Crippen LogP contribution in [0.4, 0.5) is 0 Å². The van der Waals surface area contributed by atoms with Crippen LogP contribution in [0.15, 0.2) is 36.4 Å². The summed E-state index contributed by atoms with van der Waals surface area (Å²) in [7, 11) is 0. The molecule has 0 saturated carbocycles. The number of carbonyl (C=O) groups excluding carboxylic acids is 1. The third-order valence-corrected chi connectivity index (χ3v) is 2.54. The Morgan fingerprint density at radius 2 is 1.88 bits per heavy atom. The van der Waals surface area contributed by atoms with Gasteiger partial charge in [-0.3, -0.25) is 4.79 Å². The first-order chi connectivity index (χ1) is 7.86. The Morgan fingerprint density at radius 1 is 1.19 bits per heavy atom. The second kappa shape index (κ2) is 5.47. The largest absolute Gasteiger partial charge is 0.378 e. The SMILES string of the molecule is O=C(/C=C\c1ccccc1)N1CCOCC1. The summed E-state index contributed by atoms with van der Waals surface area (Å²) in [5.41, 5.74) is 1.05. The maximum absolute atomic E-state index is 11.8. The molecule has 0 radical (unpaired) electrons. The van der Waals surface area contributed by atoms with Crippen molar-refractivity contribution in [3.8, 4) is 0 Å². The van der Waals surface area contributed by atoms with Crippen LogP contribution in [0.25, 0.3) is 6.08 Å². The average molecular weight is 217 g/mol. The minimum absolute atomic E-state index is 0.0622. The van der Waals surface area contributed by atoms with Crippen molar-refractivity contribution < 1.29 is 9.53 Å². The monoisotopic (exact) mass is 217 g/mol. The van der Waals surface area contributed by atoms with Gasteiger partial charge in [-0.15, -0.1) is 0 Å². The summed E-state index contributed by atoms with van der Waals surface area (Å²) in [6, 6.07) is 9.82. The van der Waals surface area contributed by atoms with Crippen molar-refractivity contribution >= 4 is 12.0 Å². The van der Waals surface area contributed by atoms with Crippen molar-refractivity contribution in [2.45, 2.75) is 0 Å². The number of rotatable bonds is 2. The van der Waals surface area contributed by atoms with Crippen LogP contribution in [-0.2, 0) is 9.53 Å². The molecule has 1 saturated heterocycles. The van der Waals surface area contributed by atoms with E-state index in [1.807, 2.05) is 41.3 Å². The van der Waals surface area contributed by atoms with Crippen LogP contribution in [0, 0.1) is 0 Å². The fourth-order valence-electron chi connectivity index (χ4n) is 1.62. The van der Waals surface area contributed by atoms with Crippen LogP contribution in [0.3, 0.4) is 0 Å². The van der Waals surface area contributed by atoms with Crippen LogP contribution in [0.2, 0.25) is 0 Å². The van der Waals surface area contributed by atoms with E-state index < -0.39 is 0 Å². The van der Waals surface area contributed by atoms with Gasteiger partial charge in [0.1, 0.15) is 0 Å². The van der Waals surface area contributed by atoms with Crippen molar-refractivity contribution in [2.75, 3.05) is 26.3 Å². The zero-order chi connectivity index (χ0) is 11.2. The molecule has 84 valence electrons. The molecule has 1 heterocycles. The lowest BCUT2D eigenvalue weighted by atomic mass is 10.2. The molecule has 1 aromatic carbocycles. The predicted octanol–water partition coefficient (Wildman–Crippen LogP) is 1.56. The summed E-state index contributed by atoms with van der Waals surface area (Å²) < 4.78 is 5.19. The molecular weight excluding hydrogens is 202 g/mol. The van der Waals surface area contributed by atoms with E-state index in [1.165, 1.54) is 0 Å². The highest BCUT2D eigenvalue weighted by molar-refractivity contribution is 5.91. The first-order valence-electron chi connectivity index (χ1n) is 5.46. The summed E-state index contributed by atoms with van der Waals surface area (Å²) in [4.78, 5) is 13.6. The second-order valence-electron chi connectivity index (χ2n) is 3.68. The summed E-state index contributed by atoms with van der Waals surface area (Å²) in [5, 5.41) is 0. The molecule has 0 aliphatic carbocycles. The van der Waals surface area contributed by atoms with E-state index in [-0.39, 0.29) is 5.91 Å². The normalized spacial score (nSPS) is 16.6. The zero-order valence-corrected chi connectivity index (χ0v) is 9.13. The average Bonchev–Trinajstić information content (AvgIpc) is 2.38. The van der Waals surface area contributed by atoms with Crippen LogP contribution in [0.1, 0.15) is 5.56 Å². The highest BCUT2D eigenvalue weighted by Gasteiger charge is 2.13. The van der Waals surface area contributed by atoms with Gasteiger partial charge in [0.2, 0.25) is 5.91 Å². The number of carbonyl (C=O) groups is 1. The Labute approximate surface area is 95.3 Å². The van der Waals surface area contributed by atoms with Gasteiger partial charge < -0.3 is 9.64 Å². The highest BCUT2D eigenvalue weighted by Crippen LogP contribution is 2.03. The first kappa shape index (κ1) is 10.9. The first-order valence-corrected chi connectivity index (χ1v) is 5.46. The summed E-state index contributed by atoms with van der Waals surface area (Å²) in [6.07, 6.45) is 3.47. The number of nitrogens with zero attached hydrogens (tertiary/aromatic N) is 1. The topological polar surface area (TPSA) is 29.5 Å². The van der Waals surface area contributed by atoms with Crippen molar-refractivity contribution in [1.82, 2.24) is 4.90 Å². The third kappa shape index (κ3) is 2.94. The minimum atomic E-state index is 0.0622. The molecule has 3 heteroatoms. The van der Waals surface area contributed by atoms with Gasteiger partial charge in [-0.05, 0) is 11.6 Å². The highest BCUT2D eigenvalue weighted by atomic mass is 16.5. The number of morpholine rings is 1. The lowest BCUT2D eigenvalue weighted by Gasteiger charge is -2.25. The van der Waals surface area contributed by atoms with Gasteiger partial charge in [0, 0.05) is 19.2 Å². The van der Waals surface area contributed by atoms with Crippen LogP contribution >= 0.6 is 0 Å². The maximum atomic E-state index is 11.8. The molecule has 2 rings (SSSR count). The predicted molar refractivity (Wildman–Crippen MR) is 62.9 cm³/mol. The number of ether oxygens (including phenoxy) is 1. The van der Waals surface area contributed by atoms with E-state index in [4.69, 9.17) is 4.74 Å². The van der Waals surface area contributed by atoms with Crippen molar-refractivity contribution in [1.29, 1.82) is 0 Å². The molecule has 1 fully saturated rings. The van der Waals surface area contributed by atoms with Gasteiger partial charge in [-0.2, -0.15) is 0 Å². The molecule has 3 nitrogen and oxygen atoms in total. The number of benzene rings is 1. The molecule has 1 amide bonds. The van der Waals surface area contributed by atoms with Gasteiger partial charge in [0.05, 0.1) is 13.2 Å². The molecule has 0 bridgehead atoms. The van der Waals surface area contributed by atoms with E-state index in [1.54, 1.807) is 6.08 Å². The molecular formula is C13H15NO2. The van der Waals surface area contributed by atoms with Gasteiger partial charge in [0.15, 0.2) is 0 Å². The molecule has 0 aromatic heterocycles. The number of hydrogen-bond acceptors (Lipinski definition) is 2. The molecule has 0 spiro atoms. The molecule has 0 unspecified atom stereocenters. The number of amides is 1. The lowest BCUT2D eigenvalue weighted by molar-refractivity contribution is -0.129. The van der Waals surface area contributed by atoms with Gasteiger partial charge in [-0.1, -0.05) is 30.3 Å². The van der Waals surface area contributed by atoms with E-state index in [0.29, 0.717) is 26.3 Å². The van der Waals surface area contributed by atoms with E-state index in [2.05, 4.69) is 0 Å². The van der Waals surface area contributed by atoms with Gasteiger partial charge in [0.25, 0.3) is 0 Å². The smallest absolute Gasteiger partial charge is 0.246 e. The van der Waals surface area contributed by atoms with Crippen molar-refractivity contribution in [3.63, 3.8) is 0 Å². The Hall–Kier alpha value is -1.61. The second-order valence-corrected chi connectivity index (χ2v) is 3.68. The standard InChI is InChI=1S/C13H15NO2/c15-13(14-8-10-16-11-9-14)7-6-12-4-2-1-3-5-12/h1-7H,8-11H2/b7-6-. The summed E-state index contributed by atoms with van der Waals surface area (Å²) >= 11 is 0. The van der Waals surface area contributed by atoms with Crippen LogP contribution < -0.4 is 0 Å². The van der Waals surface area contributed by atoms with Crippen molar-refractivity contribution in [3.05, 3.63) is 42.0 Å². The number of hydrogen-bond donors (Lipinski definition) is 0. The molecule has 1 aliphatic rings. The van der Waals surface area contributed by atoms with Crippen LogP contribution in [-0.4, -0.2) is 37.1 Å². The van der Waals surface area contributed by atoms with Gasteiger partial charge in [-0.25, -0.2) is 0 Å². The van der Waals surface area contributed by atoms with Crippen molar-refractivity contribution in [2.24, 2.45) is 0 Å². The Balaban J connectivity index is 1.93. The molecule has 1 aromatic rings. The van der Waals surface area contributed by atoms with E-state index >= 15 is 0 Å². The molecule has 16 heavy (non-hydrogen) atoms. The molecule has 0 atom stereocenters. The van der Waals surface area contributed by atoms with E-state index in [9.17, 15) is 4.79 Å². The maximum Gasteiger partial charge on any atom is 0.246 e. The molecule has 1 aliphatic heterocycles. The quantitative estimate of drug-likeness (QED) is 0.703. The minimum Gasteiger partial charge on any atom is -0.378 e. The lowest BCUT2D eigenvalue weighted by Crippen LogP contribution is -2.39. The van der Waals surface area contributed by atoms with Gasteiger partial charge >= 0.3 is 0 Å². The zero-order valence-electron chi connectivity index (χ0n) is 9.13. The Morgan fingerprint density at radius 3 is 2.56 bits per heavy atom. The summed E-state index contributed by atoms with van der Waals surface area (Å²) in [6.45, 7) is 2.67. The molecule has 0 N–H and O–H groups in total. The fourth-order valence-corrected chi connectivity index (χ4v) is 1.62.